The summed E-state index contributed by atoms with van der Waals surface area (Å²) in [5.41, 5.74) is -4.94. The predicted octanol–water partition coefficient (Wildman–Crippen LogP) is 2.31. The molecule has 26 heavy (non-hydrogen) atoms. The minimum atomic E-state index is -5.84. The van der Waals surface area contributed by atoms with Gasteiger partial charge in [0.25, 0.3) is 0 Å². The van der Waals surface area contributed by atoms with Crippen molar-refractivity contribution in [1.29, 1.82) is 0 Å². The SMILES string of the molecule is O=C(O)N1CCc2nn(C3CCCC3)c(OS(=O)(=O)C(F)(F)F)c2CC1. The molecule has 1 fully saturated rings. The van der Waals surface area contributed by atoms with Crippen LogP contribution in [0, 0.1) is 0 Å². The lowest BCUT2D eigenvalue weighted by atomic mass is 10.1. The van der Waals surface area contributed by atoms with Crippen molar-refractivity contribution in [2.75, 3.05) is 13.1 Å². The van der Waals surface area contributed by atoms with Crippen molar-refractivity contribution >= 4 is 16.2 Å². The molecule has 2 aliphatic rings. The third-order valence-electron chi connectivity index (χ3n) is 4.71. The van der Waals surface area contributed by atoms with E-state index in [2.05, 4.69) is 9.28 Å². The van der Waals surface area contributed by atoms with Crippen LogP contribution in [0.1, 0.15) is 43.0 Å². The van der Waals surface area contributed by atoms with Crippen LogP contribution in [0.25, 0.3) is 0 Å². The van der Waals surface area contributed by atoms with Crippen LogP contribution < -0.4 is 4.18 Å². The number of halogens is 3. The van der Waals surface area contributed by atoms with E-state index in [0.29, 0.717) is 18.5 Å². The molecular formula is C14H18F3N3O5S. The Bertz CT molecular complexity index is 799. The van der Waals surface area contributed by atoms with Gasteiger partial charge >= 0.3 is 21.7 Å². The van der Waals surface area contributed by atoms with Gasteiger partial charge in [0.2, 0.25) is 5.88 Å². The average molecular weight is 397 g/mol. The molecule has 1 saturated carbocycles. The van der Waals surface area contributed by atoms with Crippen molar-refractivity contribution in [1.82, 2.24) is 14.7 Å². The molecule has 1 aliphatic carbocycles. The summed E-state index contributed by atoms with van der Waals surface area (Å²) in [5, 5.41) is 13.4. The van der Waals surface area contributed by atoms with Gasteiger partial charge in [-0.05, 0) is 19.3 Å². The Morgan fingerprint density at radius 3 is 2.38 bits per heavy atom. The molecule has 0 saturated heterocycles. The number of hydrogen-bond acceptors (Lipinski definition) is 5. The predicted molar refractivity (Wildman–Crippen MR) is 82.3 cm³/mol. The highest BCUT2D eigenvalue weighted by atomic mass is 32.2. The van der Waals surface area contributed by atoms with E-state index in [1.54, 1.807) is 0 Å². The molecule has 0 aromatic carbocycles. The van der Waals surface area contributed by atoms with E-state index in [-0.39, 0.29) is 37.5 Å². The van der Waals surface area contributed by atoms with E-state index in [9.17, 15) is 26.4 Å². The lowest BCUT2D eigenvalue weighted by Crippen LogP contribution is -2.32. The zero-order valence-corrected chi connectivity index (χ0v) is 14.5. The summed E-state index contributed by atoms with van der Waals surface area (Å²) >= 11 is 0. The van der Waals surface area contributed by atoms with E-state index in [1.165, 1.54) is 4.68 Å². The standard InChI is InChI=1S/C14H18F3N3O5S/c15-14(16,17)26(23,24)25-12-10-5-7-19(13(21)22)8-6-11(10)18-20(12)9-3-1-2-4-9/h9H,1-8H2,(H,21,22). The molecule has 0 spiro atoms. The first-order chi connectivity index (χ1) is 12.1. The van der Waals surface area contributed by atoms with E-state index >= 15 is 0 Å². The second kappa shape index (κ2) is 6.63. The average Bonchev–Trinajstić information content (AvgIpc) is 3.09. The summed E-state index contributed by atoms with van der Waals surface area (Å²) in [6.07, 6.45) is 2.15. The van der Waals surface area contributed by atoms with Crippen molar-refractivity contribution < 1.29 is 35.7 Å². The Kier molecular flexibility index (Phi) is 4.80. The fourth-order valence-electron chi connectivity index (χ4n) is 3.38. The molecule has 3 rings (SSSR count). The van der Waals surface area contributed by atoms with E-state index in [1.807, 2.05) is 0 Å². The van der Waals surface area contributed by atoms with Crippen molar-refractivity contribution in [3.8, 4) is 5.88 Å². The van der Waals surface area contributed by atoms with Crippen LogP contribution in [0.5, 0.6) is 5.88 Å². The molecule has 1 amide bonds. The lowest BCUT2D eigenvalue weighted by molar-refractivity contribution is -0.0503. The number of amides is 1. The van der Waals surface area contributed by atoms with Crippen LogP contribution >= 0.6 is 0 Å². The normalized spacial score (nSPS) is 19.3. The minimum Gasteiger partial charge on any atom is -0.465 e. The maximum absolute atomic E-state index is 12.8. The van der Waals surface area contributed by atoms with Crippen LogP contribution in [0.2, 0.25) is 0 Å². The molecule has 1 aromatic rings. The molecule has 2 heterocycles. The third-order valence-corrected chi connectivity index (χ3v) is 5.65. The first-order valence-electron chi connectivity index (χ1n) is 8.19. The van der Waals surface area contributed by atoms with Crippen LogP contribution in [0.3, 0.4) is 0 Å². The maximum atomic E-state index is 12.8. The topological polar surface area (TPSA) is 102 Å². The second-order valence-electron chi connectivity index (χ2n) is 6.37. The Morgan fingerprint density at radius 2 is 1.81 bits per heavy atom. The number of rotatable bonds is 3. The molecular weight excluding hydrogens is 379 g/mol. The highest BCUT2D eigenvalue weighted by Crippen LogP contribution is 2.38. The summed E-state index contributed by atoms with van der Waals surface area (Å²) in [7, 11) is -5.84. The summed E-state index contributed by atoms with van der Waals surface area (Å²) in [5.74, 6) is -0.434. The molecule has 12 heteroatoms. The number of carboxylic acid groups (broad SMARTS) is 1. The zero-order valence-electron chi connectivity index (χ0n) is 13.7. The van der Waals surface area contributed by atoms with Crippen LogP contribution in [0.15, 0.2) is 0 Å². The first kappa shape index (κ1) is 18.8. The van der Waals surface area contributed by atoms with Crippen molar-refractivity contribution in [3.63, 3.8) is 0 Å². The molecule has 1 aliphatic heterocycles. The summed E-state index contributed by atoms with van der Waals surface area (Å²) in [6.45, 7) is 0.163. The van der Waals surface area contributed by atoms with Gasteiger partial charge in [-0.25, -0.2) is 9.48 Å². The number of alkyl halides is 3. The Morgan fingerprint density at radius 1 is 1.19 bits per heavy atom. The van der Waals surface area contributed by atoms with Gasteiger partial charge in [-0.3, -0.25) is 0 Å². The lowest BCUT2D eigenvalue weighted by Gasteiger charge is -2.18. The Balaban J connectivity index is 2.00. The minimum absolute atomic E-state index is 0.0289. The fraction of sp³-hybridized carbons (Fsp3) is 0.714. The van der Waals surface area contributed by atoms with Crippen LogP contribution in [0.4, 0.5) is 18.0 Å². The first-order valence-corrected chi connectivity index (χ1v) is 9.60. The monoisotopic (exact) mass is 397 g/mol. The highest BCUT2D eigenvalue weighted by Gasteiger charge is 2.50. The van der Waals surface area contributed by atoms with Gasteiger partial charge in [-0.1, -0.05) is 12.8 Å². The summed E-state index contributed by atoms with van der Waals surface area (Å²) in [6, 6.07) is -0.226. The molecule has 0 atom stereocenters. The van der Waals surface area contributed by atoms with Crippen molar-refractivity contribution in [2.45, 2.75) is 50.1 Å². The molecule has 0 radical (unpaired) electrons. The quantitative estimate of drug-likeness (QED) is 0.620. The highest BCUT2D eigenvalue weighted by molar-refractivity contribution is 7.87. The third kappa shape index (κ3) is 3.46. The second-order valence-corrected chi connectivity index (χ2v) is 7.90. The van der Waals surface area contributed by atoms with Crippen molar-refractivity contribution in [2.24, 2.45) is 0 Å². The van der Waals surface area contributed by atoms with Gasteiger partial charge in [0, 0.05) is 25.1 Å². The summed E-state index contributed by atoms with van der Waals surface area (Å²) in [4.78, 5) is 12.2. The number of hydrogen-bond donors (Lipinski definition) is 1. The van der Waals surface area contributed by atoms with Gasteiger partial charge in [0.1, 0.15) is 0 Å². The number of aromatic nitrogens is 2. The zero-order chi connectivity index (χ0) is 19.1. The molecule has 1 N–H and O–H groups in total. The van der Waals surface area contributed by atoms with Gasteiger partial charge in [0.05, 0.1) is 11.7 Å². The van der Waals surface area contributed by atoms with Crippen LogP contribution in [-0.2, 0) is 23.0 Å². The molecule has 146 valence electrons. The Hall–Kier alpha value is -1.98. The molecule has 8 nitrogen and oxygen atoms in total. The van der Waals surface area contributed by atoms with Crippen molar-refractivity contribution in [3.05, 3.63) is 11.3 Å². The molecule has 0 unspecified atom stereocenters. The van der Waals surface area contributed by atoms with Gasteiger partial charge in [-0.15, -0.1) is 0 Å². The van der Waals surface area contributed by atoms with Gasteiger partial charge < -0.3 is 14.2 Å². The smallest absolute Gasteiger partial charge is 0.465 e. The van der Waals surface area contributed by atoms with Gasteiger partial charge in [-0.2, -0.15) is 26.7 Å². The largest absolute Gasteiger partial charge is 0.534 e. The van der Waals surface area contributed by atoms with E-state index < -0.39 is 27.6 Å². The molecule has 0 bridgehead atoms. The van der Waals surface area contributed by atoms with Gasteiger partial charge in [0.15, 0.2) is 0 Å². The molecule has 1 aromatic heterocycles. The fourth-order valence-corrected chi connectivity index (χ4v) is 3.86. The van der Waals surface area contributed by atoms with E-state index in [4.69, 9.17) is 5.11 Å². The maximum Gasteiger partial charge on any atom is 0.534 e. The number of nitrogens with zero attached hydrogens (tertiary/aromatic N) is 3. The van der Waals surface area contributed by atoms with E-state index in [0.717, 1.165) is 17.7 Å². The Labute approximate surface area is 147 Å². The van der Waals surface area contributed by atoms with Crippen LogP contribution in [-0.4, -0.2) is 52.9 Å². The summed E-state index contributed by atoms with van der Waals surface area (Å²) < 4.78 is 67.2. The number of fused-ring (bicyclic) bond motifs is 1. The number of carbonyl (C=O) groups is 1.